The van der Waals surface area contributed by atoms with Gasteiger partial charge in [-0.2, -0.15) is 4.98 Å². The van der Waals surface area contributed by atoms with Gasteiger partial charge in [-0.1, -0.05) is 12.1 Å². The van der Waals surface area contributed by atoms with Crippen molar-refractivity contribution in [1.29, 1.82) is 0 Å². The summed E-state index contributed by atoms with van der Waals surface area (Å²) in [6.07, 6.45) is 7.10. The first-order chi connectivity index (χ1) is 16.1. The molecule has 11 heteroatoms. The minimum Gasteiger partial charge on any atom is -0.355 e. The Morgan fingerprint density at radius 3 is 2.53 bits per heavy atom. The van der Waals surface area contributed by atoms with E-state index in [0.717, 1.165) is 57.8 Å². The number of sulfonamides is 1. The average molecular weight is 497 g/mol. The third kappa shape index (κ3) is 6.35. The molecule has 1 N–H and O–H groups in total. The van der Waals surface area contributed by atoms with Gasteiger partial charge in [-0.3, -0.25) is 9.69 Å². The minimum atomic E-state index is -3.18. The van der Waals surface area contributed by atoms with Crippen LogP contribution in [0.3, 0.4) is 0 Å². The van der Waals surface area contributed by atoms with E-state index in [9.17, 15) is 13.2 Å². The maximum Gasteiger partial charge on any atom is 0.244 e. The summed E-state index contributed by atoms with van der Waals surface area (Å²) < 4.78 is 31.0. The highest BCUT2D eigenvalue weighted by Gasteiger charge is 2.49. The van der Waals surface area contributed by atoms with Crippen LogP contribution in [0.2, 0.25) is 0 Å². The van der Waals surface area contributed by atoms with Crippen LogP contribution in [0.4, 0.5) is 0 Å². The van der Waals surface area contributed by atoms with E-state index < -0.39 is 10.0 Å². The summed E-state index contributed by atoms with van der Waals surface area (Å²) >= 11 is 0. The van der Waals surface area contributed by atoms with E-state index in [2.05, 4.69) is 32.2 Å². The van der Waals surface area contributed by atoms with Gasteiger partial charge in [-0.05, 0) is 76.4 Å². The summed E-state index contributed by atoms with van der Waals surface area (Å²) in [4.78, 5) is 21.9. The van der Waals surface area contributed by atoms with Crippen molar-refractivity contribution in [2.24, 2.45) is 11.3 Å². The second-order valence-electron chi connectivity index (χ2n) is 10.7. The molecule has 0 bridgehead atoms. The van der Waals surface area contributed by atoms with E-state index >= 15 is 0 Å². The molecule has 192 valence electrons. The maximum atomic E-state index is 12.8. The zero-order valence-electron chi connectivity index (χ0n) is 20.8. The fourth-order valence-electron chi connectivity index (χ4n) is 5.71. The number of carbonyl (C=O) groups is 1. The Balaban J connectivity index is 1.31. The van der Waals surface area contributed by atoms with Crippen LogP contribution >= 0.6 is 0 Å². The molecule has 1 atom stereocenters. The highest BCUT2D eigenvalue weighted by molar-refractivity contribution is 7.88. The minimum absolute atomic E-state index is 0.0131. The monoisotopic (exact) mass is 496 g/mol. The number of amides is 1. The molecule has 1 amide bonds. The lowest BCUT2D eigenvalue weighted by molar-refractivity contribution is -0.122. The molecule has 1 aromatic heterocycles. The van der Waals surface area contributed by atoms with Crippen molar-refractivity contribution in [1.82, 2.24) is 29.6 Å². The number of rotatable bonds is 8. The maximum absolute atomic E-state index is 12.8. The first kappa shape index (κ1) is 25.5. The van der Waals surface area contributed by atoms with Crippen molar-refractivity contribution in [3.63, 3.8) is 0 Å². The lowest BCUT2D eigenvalue weighted by Gasteiger charge is -2.38. The molecule has 3 aliphatic rings. The molecule has 3 saturated heterocycles. The van der Waals surface area contributed by atoms with E-state index in [1.165, 1.54) is 19.1 Å². The second kappa shape index (κ2) is 10.6. The number of carbonyl (C=O) groups excluding carboxylic acids is 1. The van der Waals surface area contributed by atoms with Gasteiger partial charge in [0, 0.05) is 26.2 Å². The Bertz CT molecular complexity index is 935. The first-order valence-corrected chi connectivity index (χ1v) is 14.5. The molecule has 0 aromatic carbocycles. The molecule has 0 aliphatic carbocycles. The van der Waals surface area contributed by atoms with Crippen LogP contribution in [0, 0.1) is 18.3 Å². The van der Waals surface area contributed by atoms with Gasteiger partial charge < -0.3 is 14.7 Å². The van der Waals surface area contributed by atoms with Crippen molar-refractivity contribution in [2.75, 3.05) is 58.6 Å². The molecule has 0 saturated carbocycles. The van der Waals surface area contributed by atoms with Gasteiger partial charge >= 0.3 is 0 Å². The molecule has 1 unspecified atom stereocenters. The van der Waals surface area contributed by atoms with Crippen LogP contribution in [0.25, 0.3) is 0 Å². The topological polar surface area (TPSA) is 112 Å². The standard InChI is InChI=1S/C23H40N6O4S/c1-18-5-11-27(12-6-18)10-4-9-24-21(30)16-28-17-23(7-13-29(14-8-23)34(3,31)32)15-20(28)22-25-19(2)26-33-22/h18,20H,4-17H2,1-3H3,(H,24,30). The number of hydrogen-bond donors (Lipinski definition) is 1. The normalized spacial score (nSPS) is 25.2. The SMILES string of the molecule is Cc1noc(C2CC3(CCN(S(C)(=O)=O)CC3)CN2CC(=O)NCCCN2CCC(C)CC2)n1. The Morgan fingerprint density at radius 2 is 1.91 bits per heavy atom. The number of hydrogen-bond acceptors (Lipinski definition) is 8. The highest BCUT2D eigenvalue weighted by atomic mass is 32.2. The van der Waals surface area contributed by atoms with Gasteiger partial charge in [0.05, 0.1) is 18.8 Å². The van der Waals surface area contributed by atoms with Gasteiger partial charge in [-0.25, -0.2) is 12.7 Å². The molecule has 1 spiro atoms. The summed E-state index contributed by atoms with van der Waals surface area (Å²) in [6, 6.07) is -0.118. The molecule has 4 rings (SSSR count). The predicted octanol–water partition coefficient (Wildman–Crippen LogP) is 1.40. The van der Waals surface area contributed by atoms with Crippen LogP contribution < -0.4 is 5.32 Å². The van der Waals surface area contributed by atoms with Crippen molar-refractivity contribution in [2.45, 2.75) is 58.4 Å². The number of aryl methyl sites for hydroxylation is 1. The summed E-state index contributed by atoms with van der Waals surface area (Å²) in [6.45, 7) is 10.2. The molecule has 3 aliphatic heterocycles. The van der Waals surface area contributed by atoms with Crippen molar-refractivity contribution in [3.8, 4) is 0 Å². The van der Waals surface area contributed by atoms with E-state index in [-0.39, 0.29) is 23.9 Å². The number of aromatic nitrogens is 2. The van der Waals surface area contributed by atoms with E-state index in [0.29, 0.717) is 31.3 Å². The summed E-state index contributed by atoms with van der Waals surface area (Å²) in [5.74, 6) is 1.97. The quantitative estimate of drug-likeness (QED) is 0.538. The summed E-state index contributed by atoms with van der Waals surface area (Å²) in [7, 11) is -3.18. The first-order valence-electron chi connectivity index (χ1n) is 12.6. The second-order valence-corrected chi connectivity index (χ2v) is 12.7. The Morgan fingerprint density at radius 1 is 1.21 bits per heavy atom. The Labute approximate surface area is 203 Å². The molecular formula is C23H40N6O4S. The van der Waals surface area contributed by atoms with E-state index in [1.54, 1.807) is 11.2 Å². The zero-order chi connectivity index (χ0) is 24.3. The molecule has 1 aromatic rings. The fraction of sp³-hybridized carbons (Fsp3) is 0.870. The van der Waals surface area contributed by atoms with Gasteiger partial charge in [0.2, 0.25) is 21.8 Å². The van der Waals surface area contributed by atoms with E-state index in [4.69, 9.17) is 4.52 Å². The fourth-order valence-corrected chi connectivity index (χ4v) is 6.56. The van der Waals surface area contributed by atoms with Crippen LogP contribution in [-0.4, -0.2) is 97.2 Å². The molecular weight excluding hydrogens is 456 g/mol. The van der Waals surface area contributed by atoms with Gasteiger partial charge in [0.25, 0.3) is 0 Å². The molecule has 4 heterocycles. The molecule has 34 heavy (non-hydrogen) atoms. The zero-order valence-corrected chi connectivity index (χ0v) is 21.6. The largest absolute Gasteiger partial charge is 0.355 e. The van der Waals surface area contributed by atoms with Crippen molar-refractivity contribution < 1.29 is 17.7 Å². The number of likely N-dealkylation sites (tertiary alicyclic amines) is 2. The molecule has 0 radical (unpaired) electrons. The third-order valence-electron chi connectivity index (χ3n) is 7.88. The van der Waals surface area contributed by atoms with Gasteiger partial charge in [0.1, 0.15) is 0 Å². The Hall–Kier alpha value is -1.56. The molecule has 10 nitrogen and oxygen atoms in total. The van der Waals surface area contributed by atoms with Crippen LogP contribution in [0.5, 0.6) is 0 Å². The van der Waals surface area contributed by atoms with Crippen LogP contribution in [0.15, 0.2) is 4.52 Å². The lowest BCUT2D eigenvalue weighted by Crippen LogP contribution is -2.44. The number of nitrogens with zero attached hydrogens (tertiary/aromatic N) is 5. The van der Waals surface area contributed by atoms with E-state index in [1.807, 2.05) is 0 Å². The highest BCUT2D eigenvalue weighted by Crippen LogP contribution is 2.48. The average Bonchev–Trinajstić information content (AvgIpc) is 3.36. The number of nitrogens with one attached hydrogen (secondary N) is 1. The van der Waals surface area contributed by atoms with Gasteiger partial charge in [-0.15, -0.1) is 0 Å². The summed E-state index contributed by atoms with van der Waals surface area (Å²) in [5, 5.41) is 7.05. The van der Waals surface area contributed by atoms with Gasteiger partial charge in [0.15, 0.2) is 5.82 Å². The lowest BCUT2D eigenvalue weighted by atomic mass is 9.77. The molecule has 3 fully saturated rings. The smallest absolute Gasteiger partial charge is 0.244 e. The Kier molecular flexibility index (Phi) is 7.95. The van der Waals surface area contributed by atoms with Crippen molar-refractivity contribution >= 4 is 15.9 Å². The third-order valence-corrected chi connectivity index (χ3v) is 9.19. The summed E-state index contributed by atoms with van der Waals surface area (Å²) in [5.41, 5.74) is -0.0418. The number of piperidine rings is 2. The van der Waals surface area contributed by atoms with Crippen molar-refractivity contribution in [3.05, 3.63) is 11.7 Å². The predicted molar refractivity (Wildman–Crippen MR) is 129 cm³/mol. The van der Waals surface area contributed by atoms with Crippen LogP contribution in [0.1, 0.15) is 63.2 Å². The van der Waals surface area contributed by atoms with Crippen LogP contribution in [-0.2, 0) is 14.8 Å².